The zero-order valence-electron chi connectivity index (χ0n) is 13.3. The number of hydroxylamine groups is 2. The Morgan fingerprint density at radius 1 is 1.32 bits per heavy atom. The van der Waals surface area contributed by atoms with E-state index in [0.29, 0.717) is 18.7 Å². The van der Waals surface area contributed by atoms with Gasteiger partial charge in [-0.3, -0.25) is 4.79 Å². The Hall–Kier alpha value is -1.75. The van der Waals surface area contributed by atoms with Gasteiger partial charge in [0.05, 0.1) is 5.41 Å². The topological polar surface area (TPSA) is 46.6 Å². The smallest absolute Gasteiger partial charge is 0.330 e. The first kappa shape index (κ1) is 16.6. The van der Waals surface area contributed by atoms with E-state index in [0.717, 1.165) is 12.8 Å². The summed E-state index contributed by atoms with van der Waals surface area (Å²) in [6, 6.07) is 5.71. The summed E-state index contributed by atoms with van der Waals surface area (Å²) >= 11 is 0. The highest BCUT2D eigenvalue weighted by molar-refractivity contribution is 5.98. The standard InChI is InChI=1S/C17H22FNO3/c1-17(2,3)16(21)22-19-9-5-7-13(11-19)15(20)12-6-4-8-14(18)10-12/h4,6,8,10,13H,5,7,9,11H2,1-3H3/t13-/m1/s1. The molecule has 0 unspecified atom stereocenters. The van der Waals surface area contributed by atoms with Crippen LogP contribution >= 0.6 is 0 Å². The molecule has 0 N–H and O–H groups in total. The van der Waals surface area contributed by atoms with Gasteiger partial charge in [-0.05, 0) is 45.7 Å². The Balaban J connectivity index is 2.01. The summed E-state index contributed by atoms with van der Waals surface area (Å²) in [4.78, 5) is 29.7. The van der Waals surface area contributed by atoms with Crippen LogP contribution in [0.2, 0.25) is 0 Å². The third-order valence-electron chi connectivity index (χ3n) is 3.69. The average Bonchev–Trinajstić information content (AvgIpc) is 2.46. The molecule has 2 rings (SSSR count). The van der Waals surface area contributed by atoms with E-state index in [9.17, 15) is 14.0 Å². The number of Topliss-reactive ketones (excluding diaryl/α,β-unsaturated/α-hetero) is 1. The van der Waals surface area contributed by atoms with Gasteiger partial charge in [0, 0.05) is 24.6 Å². The van der Waals surface area contributed by atoms with Gasteiger partial charge in [0.1, 0.15) is 5.82 Å². The van der Waals surface area contributed by atoms with Crippen LogP contribution in [0.3, 0.4) is 0 Å². The number of nitrogens with zero attached hydrogens (tertiary/aromatic N) is 1. The molecule has 1 aliphatic heterocycles. The predicted octanol–water partition coefficient (Wildman–Crippen LogP) is 3.22. The van der Waals surface area contributed by atoms with Gasteiger partial charge in [-0.2, -0.15) is 0 Å². The minimum atomic E-state index is -0.584. The highest BCUT2D eigenvalue weighted by atomic mass is 19.1. The Morgan fingerprint density at radius 3 is 2.68 bits per heavy atom. The molecular weight excluding hydrogens is 285 g/mol. The number of rotatable bonds is 3. The molecule has 0 saturated carbocycles. The molecular formula is C17H22FNO3. The van der Waals surface area contributed by atoms with Crippen LogP contribution in [0.15, 0.2) is 24.3 Å². The normalized spacial score (nSPS) is 19.7. The van der Waals surface area contributed by atoms with Crippen LogP contribution in [0.5, 0.6) is 0 Å². The van der Waals surface area contributed by atoms with E-state index in [1.807, 2.05) is 0 Å². The third-order valence-corrected chi connectivity index (χ3v) is 3.69. The number of hydrogen-bond acceptors (Lipinski definition) is 4. The van der Waals surface area contributed by atoms with Crippen molar-refractivity contribution >= 4 is 11.8 Å². The molecule has 0 aliphatic carbocycles. The van der Waals surface area contributed by atoms with Crippen molar-refractivity contribution in [3.8, 4) is 0 Å². The Kier molecular flexibility index (Phi) is 4.96. The molecule has 1 saturated heterocycles. The average molecular weight is 307 g/mol. The number of hydrogen-bond donors (Lipinski definition) is 0. The molecule has 1 atom stereocenters. The second-order valence-corrected chi connectivity index (χ2v) is 6.73. The van der Waals surface area contributed by atoms with Gasteiger partial charge in [-0.25, -0.2) is 9.18 Å². The first-order valence-electron chi connectivity index (χ1n) is 7.54. The summed E-state index contributed by atoms with van der Waals surface area (Å²) < 4.78 is 13.2. The molecule has 1 aliphatic rings. The van der Waals surface area contributed by atoms with Crippen molar-refractivity contribution in [1.82, 2.24) is 5.06 Å². The Morgan fingerprint density at radius 2 is 2.05 bits per heavy atom. The van der Waals surface area contributed by atoms with Gasteiger partial charge < -0.3 is 4.84 Å². The van der Waals surface area contributed by atoms with Gasteiger partial charge >= 0.3 is 5.97 Å². The van der Waals surface area contributed by atoms with Crippen LogP contribution < -0.4 is 0 Å². The fourth-order valence-electron chi connectivity index (χ4n) is 2.37. The molecule has 0 amide bonds. The maximum atomic E-state index is 13.2. The summed E-state index contributed by atoms with van der Waals surface area (Å²) in [5.41, 5.74) is -0.214. The Labute approximate surface area is 130 Å². The summed E-state index contributed by atoms with van der Waals surface area (Å²) in [7, 11) is 0. The number of carbonyl (C=O) groups excluding carboxylic acids is 2. The van der Waals surface area contributed by atoms with Gasteiger partial charge in [0.15, 0.2) is 5.78 Å². The van der Waals surface area contributed by atoms with E-state index < -0.39 is 11.2 Å². The molecule has 1 aromatic rings. The minimum absolute atomic E-state index is 0.101. The van der Waals surface area contributed by atoms with Crippen molar-refractivity contribution < 1.29 is 18.8 Å². The van der Waals surface area contributed by atoms with Gasteiger partial charge in [-0.15, -0.1) is 5.06 Å². The zero-order valence-corrected chi connectivity index (χ0v) is 13.3. The molecule has 0 radical (unpaired) electrons. The van der Waals surface area contributed by atoms with Gasteiger partial charge in [-0.1, -0.05) is 12.1 Å². The molecule has 120 valence electrons. The van der Waals surface area contributed by atoms with E-state index in [4.69, 9.17) is 4.84 Å². The van der Waals surface area contributed by atoms with Crippen LogP contribution in [0.4, 0.5) is 4.39 Å². The molecule has 0 bridgehead atoms. The highest BCUT2D eigenvalue weighted by Gasteiger charge is 2.31. The molecule has 0 aromatic heterocycles. The molecule has 1 heterocycles. The number of carbonyl (C=O) groups is 2. The summed E-state index contributed by atoms with van der Waals surface area (Å²) in [6.45, 7) is 6.34. The maximum Gasteiger partial charge on any atom is 0.330 e. The van der Waals surface area contributed by atoms with Crippen molar-refractivity contribution in [3.05, 3.63) is 35.6 Å². The molecule has 22 heavy (non-hydrogen) atoms. The van der Waals surface area contributed by atoms with Crippen molar-refractivity contribution in [3.63, 3.8) is 0 Å². The van der Waals surface area contributed by atoms with E-state index in [2.05, 4.69) is 0 Å². The number of piperidine rings is 1. The highest BCUT2D eigenvalue weighted by Crippen LogP contribution is 2.23. The van der Waals surface area contributed by atoms with Crippen LogP contribution in [0.25, 0.3) is 0 Å². The van der Waals surface area contributed by atoms with E-state index in [-0.39, 0.29) is 17.7 Å². The molecule has 0 spiro atoms. The number of benzene rings is 1. The quantitative estimate of drug-likeness (QED) is 0.804. The fraction of sp³-hybridized carbons (Fsp3) is 0.529. The lowest BCUT2D eigenvalue weighted by Crippen LogP contribution is -2.42. The largest absolute Gasteiger partial charge is 0.367 e. The van der Waals surface area contributed by atoms with Gasteiger partial charge in [0.2, 0.25) is 0 Å². The van der Waals surface area contributed by atoms with E-state index >= 15 is 0 Å². The monoisotopic (exact) mass is 307 g/mol. The lowest BCUT2D eigenvalue weighted by Gasteiger charge is -2.32. The molecule has 1 aromatic carbocycles. The SMILES string of the molecule is CC(C)(C)C(=O)ON1CCC[C@@H](C(=O)c2cccc(F)c2)C1. The Bertz CT molecular complexity index is 565. The van der Waals surface area contributed by atoms with Crippen LogP contribution in [0.1, 0.15) is 44.0 Å². The lowest BCUT2D eigenvalue weighted by atomic mass is 9.91. The number of halogens is 1. The summed E-state index contributed by atoms with van der Waals surface area (Å²) in [6.07, 6.45) is 1.49. The van der Waals surface area contributed by atoms with Crippen LogP contribution in [0, 0.1) is 17.2 Å². The van der Waals surface area contributed by atoms with Gasteiger partial charge in [0.25, 0.3) is 0 Å². The third kappa shape index (κ3) is 4.13. The fourth-order valence-corrected chi connectivity index (χ4v) is 2.37. The lowest BCUT2D eigenvalue weighted by molar-refractivity contribution is -0.206. The molecule has 5 heteroatoms. The van der Waals surface area contributed by atoms with E-state index in [1.165, 1.54) is 18.2 Å². The second-order valence-electron chi connectivity index (χ2n) is 6.73. The minimum Gasteiger partial charge on any atom is -0.367 e. The van der Waals surface area contributed by atoms with Crippen LogP contribution in [-0.2, 0) is 9.63 Å². The van der Waals surface area contributed by atoms with Crippen molar-refractivity contribution in [2.75, 3.05) is 13.1 Å². The zero-order chi connectivity index (χ0) is 16.3. The molecule has 4 nitrogen and oxygen atoms in total. The first-order valence-corrected chi connectivity index (χ1v) is 7.54. The first-order chi connectivity index (χ1) is 10.3. The maximum absolute atomic E-state index is 13.2. The summed E-state index contributed by atoms with van der Waals surface area (Å²) in [5.74, 6) is -1.11. The van der Waals surface area contributed by atoms with Crippen LogP contribution in [-0.4, -0.2) is 29.9 Å². The van der Waals surface area contributed by atoms with Crippen molar-refractivity contribution in [2.24, 2.45) is 11.3 Å². The number of ketones is 1. The summed E-state index contributed by atoms with van der Waals surface area (Å²) in [5, 5.41) is 1.55. The second kappa shape index (κ2) is 6.57. The van der Waals surface area contributed by atoms with E-state index in [1.54, 1.807) is 31.9 Å². The predicted molar refractivity (Wildman–Crippen MR) is 80.6 cm³/mol. The molecule has 1 fully saturated rings. The van der Waals surface area contributed by atoms with Crippen molar-refractivity contribution in [2.45, 2.75) is 33.6 Å². The van der Waals surface area contributed by atoms with Crippen molar-refractivity contribution in [1.29, 1.82) is 0 Å².